The Kier molecular flexibility index (Phi) is 3.72. The van der Waals surface area contributed by atoms with E-state index >= 15 is 0 Å². The topological polar surface area (TPSA) is 26.0 Å². The maximum atomic E-state index is 13.5. The first-order valence-corrected chi connectivity index (χ1v) is 5.83. The molecule has 0 saturated heterocycles. The maximum Gasteiger partial charge on any atom is 0.162 e. The molecule has 18 heavy (non-hydrogen) atoms. The minimum absolute atomic E-state index is 0.284. The second-order valence-electron chi connectivity index (χ2n) is 4.43. The highest BCUT2D eigenvalue weighted by Gasteiger charge is 2.12. The Morgan fingerprint density at radius 2 is 1.72 bits per heavy atom. The van der Waals surface area contributed by atoms with E-state index in [1.807, 2.05) is 31.2 Å². The normalized spacial score (nSPS) is 12.4. The molecule has 0 amide bonds. The van der Waals surface area contributed by atoms with Gasteiger partial charge in [0.1, 0.15) is 0 Å². The molecule has 1 unspecified atom stereocenters. The largest absolute Gasteiger partial charge is 0.324 e. The van der Waals surface area contributed by atoms with E-state index in [9.17, 15) is 8.78 Å². The SMILES string of the molecule is Cc1ccc(C(N)Cc2cccc(F)c2F)cc1. The lowest BCUT2D eigenvalue weighted by molar-refractivity contribution is 0.494. The highest BCUT2D eigenvalue weighted by Crippen LogP contribution is 2.19. The molecule has 1 nitrogen and oxygen atoms in total. The lowest BCUT2D eigenvalue weighted by atomic mass is 9.98. The first kappa shape index (κ1) is 12.7. The zero-order chi connectivity index (χ0) is 13.1. The van der Waals surface area contributed by atoms with Crippen molar-refractivity contribution in [3.8, 4) is 0 Å². The van der Waals surface area contributed by atoms with E-state index in [1.54, 1.807) is 6.07 Å². The lowest BCUT2D eigenvalue weighted by Gasteiger charge is -2.13. The van der Waals surface area contributed by atoms with E-state index < -0.39 is 11.6 Å². The molecule has 3 heteroatoms. The number of hydrogen-bond acceptors (Lipinski definition) is 1. The van der Waals surface area contributed by atoms with Crippen LogP contribution in [0.3, 0.4) is 0 Å². The third kappa shape index (κ3) is 2.74. The molecule has 0 fully saturated rings. The summed E-state index contributed by atoms with van der Waals surface area (Å²) in [5, 5.41) is 0. The van der Waals surface area contributed by atoms with Crippen LogP contribution in [0.5, 0.6) is 0 Å². The molecule has 0 bridgehead atoms. The second kappa shape index (κ2) is 5.27. The van der Waals surface area contributed by atoms with Crippen molar-refractivity contribution in [3.63, 3.8) is 0 Å². The number of benzene rings is 2. The average Bonchev–Trinajstić information content (AvgIpc) is 2.36. The van der Waals surface area contributed by atoms with E-state index in [0.717, 1.165) is 17.2 Å². The smallest absolute Gasteiger partial charge is 0.162 e. The van der Waals surface area contributed by atoms with Gasteiger partial charge in [-0.15, -0.1) is 0 Å². The number of rotatable bonds is 3. The van der Waals surface area contributed by atoms with Crippen molar-refractivity contribution in [2.24, 2.45) is 5.73 Å². The highest BCUT2D eigenvalue weighted by molar-refractivity contribution is 5.27. The lowest BCUT2D eigenvalue weighted by Crippen LogP contribution is -2.14. The Bertz CT molecular complexity index is 535. The zero-order valence-corrected chi connectivity index (χ0v) is 10.2. The average molecular weight is 247 g/mol. The summed E-state index contributed by atoms with van der Waals surface area (Å²) in [6.07, 6.45) is 0.284. The predicted molar refractivity (Wildman–Crippen MR) is 68.2 cm³/mol. The Balaban J connectivity index is 2.18. The van der Waals surface area contributed by atoms with Gasteiger partial charge in [0.15, 0.2) is 11.6 Å². The molecule has 0 heterocycles. The van der Waals surface area contributed by atoms with Crippen LogP contribution in [0.2, 0.25) is 0 Å². The van der Waals surface area contributed by atoms with Crippen LogP contribution < -0.4 is 5.73 Å². The van der Waals surface area contributed by atoms with Crippen LogP contribution in [0.1, 0.15) is 22.7 Å². The molecule has 94 valence electrons. The van der Waals surface area contributed by atoms with E-state index in [4.69, 9.17) is 5.73 Å². The molecule has 0 saturated carbocycles. The molecule has 2 aromatic carbocycles. The number of aryl methyl sites for hydroxylation is 1. The summed E-state index contributed by atoms with van der Waals surface area (Å²) in [5.41, 5.74) is 8.38. The molecule has 2 aromatic rings. The van der Waals surface area contributed by atoms with Crippen LogP contribution in [0.25, 0.3) is 0 Å². The summed E-state index contributed by atoms with van der Waals surface area (Å²) in [7, 11) is 0. The third-order valence-electron chi connectivity index (χ3n) is 2.98. The van der Waals surface area contributed by atoms with E-state index in [0.29, 0.717) is 5.56 Å². The van der Waals surface area contributed by atoms with E-state index in [2.05, 4.69) is 0 Å². The Hall–Kier alpha value is -1.74. The molecule has 2 N–H and O–H groups in total. The van der Waals surface area contributed by atoms with Gasteiger partial charge in [-0.2, -0.15) is 0 Å². The van der Waals surface area contributed by atoms with Crippen molar-refractivity contribution in [3.05, 3.63) is 70.8 Å². The van der Waals surface area contributed by atoms with Crippen LogP contribution in [-0.4, -0.2) is 0 Å². The third-order valence-corrected chi connectivity index (χ3v) is 2.98. The summed E-state index contributed by atoms with van der Waals surface area (Å²) >= 11 is 0. The van der Waals surface area contributed by atoms with Crippen LogP contribution >= 0.6 is 0 Å². The molecular formula is C15H15F2N. The zero-order valence-electron chi connectivity index (χ0n) is 10.2. The molecule has 0 radical (unpaired) electrons. The van der Waals surface area contributed by atoms with E-state index in [-0.39, 0.29) is 12.5 Å². The maximum absolute atomic E-state index is 13.5. The van der Waals surface area contributed by atoms with Crippen LogP contribution in [0, 0.1) is 18.6 Å². The van der Waals surface area contributed by atoms with Crippen molar-refractivity contribution in [2.75, 3.05) is 0 Å². The molecule has 0 aliphatic rings. The predicted octanol–water partition coefficient (Wildman–Crippen LogP) is 3.52. The molecule has 0 spiro atoms. The van der Waals surface area contributed by atoms with Crippen LogP contribution in [0.4, 0.5) is 8.78 Å². The number of nitrogens with two attached hydrogens (primary N) is 1. The van der Waals surface area contributed by atoms with Gasteiger partial charge in [-0.3, -0.25) is 0 Å². The second-order valence-corrected chi connectivity index (χ2v) is 4.43. The fraction of sp³-hybridized carbons (Fsp3) is 0.200. The first-order chi connectivity index (χ1) is 8.58. The standard InChI is InChI=1S/C15H15F2N/c1-10-5-7-11(8-6-10)14(18)9-12-3-2-4-13(16)15(12)17/h2-8,14H,9,18H2,1H3. The molecule has 0 aliphatic heterocycles. The molecule has 0 aliphatic carbocycles. The molecule has 0 aromatic heterocycles. The summed E-state index contributed by atoms with van der Waals surface area (Å²) < 4.78 is 26.6. The summed E-state index contributed by atoms with van der Waals surface area (Å²) in [6.45, 7) is 1.99. The summed E-state index contributed by atoms with van der Waals surface area (Å²) in [5.74, 6) is -1.64. The van der Waals surface area contributed by atoms with Gasteiger partial charge in [-0.25, -0.2) is 8.78 Å². The molecular weight excluding hydrogens is 232 g/mol. The van der Waals surface area contributed by atoms with Gasteiger partial charge < -0.3 is 5.73 Å². The van der Waals surface area contributed by atoms with Crippen molar-refractivity contribution in [2.45, 2.75) is 19.4 Å². The number of hydrogen-bond donors (Lipinski definition) is 1. The quantitative estimate of drug-likeness (QED) is 0.882. The van der Waals surface area contributed by atoms with Crippen molar-refractivity contribution >= 4 is 0 Å². The van der Waals surface area contributed by atoms with Crippen molar-refractivity contribution in [1.82, 2.24) is 0 Å². The Morgan fingerprint density at radius 3 is 2.39 bits per heavy atom. The minimum Gasteiger partial charge on any atom is -0.324 e. The molecule has 2 rings (SSSR count). The van der Waals surface area contributed by atoms with E-state index in [1.165, 1.54) is 6.07 Å². The van der Waals surface area contributed by atoms with Crippen molar-refractivity contribution in [1.29, 1.82) is 0 Å². The summed E-state index contributed by atoms with van der Waals surface area (Å²) in [4.78, 5) is 0. The Morgan fingerprint density at radius 1 is 1.06 bits per heavy atom. The minimum atomic E-state index is -0.830. The Labute approximate surface area is 105 Å². The number of halogens is 2. The van der Waals surface area contributed by atoms with Gasteiger partial charge in [0.05, 0.1) is 0 Å². The van der Waals surface area contributed by atoms with Gasteiger partial charge >= 0.3 is 0 Å². The fourth-order valence-corrected chi connectivity index (χ4v) is 1.87. The van der Waals surface area contributed by atoms with Gasteiger partial charge in [0, 0.05) is 6.04 Å². The monoisotopic (exact) mass is 247 g/mol. The fourth-order valence-electron chi connectivity index (χ4n) is 1.87. The highest BCUT2D eigenvalue weighted by atomic mass is 19.2. The first-order valence-electron chi connectivity index (χ1n) is 5.83. The van der Waals surface area contributed by atoms with Crippen molar-refractivity contribution < 1.29 is 8.78 Å². The van der Waals surface area contributed by atoms with Gasteiger partial charge in [0.2, 0.25) is 0 Å². The van der Waals surface area contributed by atoms with Crippen LogP contribution in [-0.2, 0) is 6.42 Å². The van der Waals surface area contributed by atoms with Gasteiger partial charge in [0.25, 0.3) is 0 Å². The van der Waals surface area contributed by atoms with Crippen LogP contribution in [0.15, 0.2) is 42.5 Å². The summed E-state index contributed by atoms with van der Waals surface area (Å²) in [6, 6.07) is 11.6. The van der Waals surface area contributed by atoms with Gasteiger partial charge in [-0.05, 0) is 30.5 Å². The molecule has 1 atom stereocenters. The van der Waals surface area contributed by atoms with Gasteiger partial charge in [-0.1, -0.05) is 42.0 Å².